The summed E-state index contributed by atoms with van der Waals surface area (Å²) in [5.41, 5.74) is 0.543. The third kappa shape index (κ3) is 6.22. The highest BCUT2D eigenvalue weighted by Crippen LogP contribution is 2.26. The van der Waals surface area contributed by atoms with Gasteiger partial charge in [0.05, 0.1) is 25.9 Å². The number of benzene rings is 3. The van der Waals surface area contributed by atoms with Crippen molar-refractivity contribution >= 4 is 23.2 Å². The van der Waals surface area contributed by atoms with Crippen LogP contribution in [-0.2, 0) is 0 Å². The van der Waals surface area contributed by atoms with Crippen LogP contribution in [0.4, 0.5) is 20.2 Å². The summed E-state index contributed by atoms with van der Waals surface area (Å²) >= 11 is 0. The molecule has 0 saturated heterocycles. The van der Waals surface area contributed by atoms with Gasteiger partial charge in [-0.15, -0.1) is 0 Å². The first-order chi connectivity index (χ1) is 16.3. The highest BCUT2D eigenvalue weighted by molar-refractivity contribution is 6.10. The van der Waals surface area contributed by atoms with Gasteiger partial charge in [-0.25, -0.2) is 8.78 Å². The lowest BCUT2D eigenvalue weighted by Gasteiger charge is -2.13. The maximum Gasteiger partial charge on any atom is 0.259 e. The molecule has 34 heavy (non-hydrogen) atoms. The van der Waals surface area contributed by atoms with E-state index in [1.165, 1.54) is 49.6 Å². The average molecular weight is 470 g/mol. The molecule has 3 aromatic rings. The van der Waals surface area contributed by atoms with Gasteiger partial charge in [-0.3, -0.25) is 9.59 Å². The van der Waals surface area contributed by atoms with Gasteiger partial charge in [0.1, 0.15) is 28.9 Å². The fourth-order valence-electron chi connectivity index (χ4n) is 3.20. The Labute approximate surface area is 195 Å². The Kier molecular flexibility index (Phi) is 8.02. The minimum Gasteiger partial charge on any atom is -0.496 e. The molecule has 9 heteroatoms. The fraction of sp³-hybridized carbons (Fsp3) is 0.200. The highest BCUT2D eigenvalue weighted by Gasteiger charge is 2.18. The lowest BCUT2D eigenvalue weighted by Crippen LogP contribution is -2.17. The van der Waals surface area contributed by atoms with E-state index in [0.717, 1.165) is 12.1 Å². The Morgan fingerprint density at radius 3 is 1.79 bits per heavy atom. The van der Waals surface area contributed by atoms with Gasteiger partial charge in [-0.05, 0) is 44.2 Å². The number of rotatable bonds is 9. The van der Waals surface area contributed by atoms with Gasteiger partial charge in [0.25, 0.3) is 11.8 Å². The molecule has 3 rings (SSSR count). The number of halogens is 2. The standard InChI is InChI=1S/C25H24F2N2O5/c1-4-33-20-11-16(26)9-18(13-20)28-24(30)15-6-7-23(32-3)22(8-15)25(31)29-19-10-17(27)12-21(14-19)34-5-2/h6-14H,4-5H2,1-3H3,(H,28,30)(H,29,31). The van der Waals surface area contributed by atoms with E-state index >= 15 is 0 Å². The summed E-state index contributed by atoms with van der Waals surface area (Å²) in [6.45, 7) is 4.19. The van der Waals surface area contributed by atoms with Crippen LogP contribution in [0.25, 0.3) is 0 Å². The predicted octanol–water partition coefficient (Wildman–Crippen LogP) is 5.28. The number of ether oxygens (including phenoxy) is 3. The van der Waals surface area contributed by atoms with Gasteiger partial charge in [0.2, 0.25) is 0 Å². The monoisotopic (exact) mass is 470 g/mol. The molecule has 178 valence electrons. The number of nitrogens with one attached hydrogen (secondary N) is 2. The van der Waals surface area contributed by atoms with Crippen molar-refractivity contribution < 1.29 is 32.6 Å². The quantitative estimate of drug-likeness (QED) is 0.445. The van der Waals surface area contributed by atoms with Crippen molar-refractivity contribution in [3.05, 3.63) is 77.4 Å². The van der Waals surface area contributed by atoms with Crippen molar-refractivity contribution in [2.45, 2.75) is 13.8 Å². The highest BCUT2D eigenvalue weighted by atomic mass is 19.1. The van der Waals surface area contributed by atoms with Crippen molar-refractivity contribution in [3.8, 4) is 17.2 Å². The van der Waals surface area contributed by atoms with Crippen LogP contribution >= 0.6 is 0 Å². The van der Waals surface area contributed by atoms with E-state index in [9.17, 15) is 18.4 Å². The van der Waals surface area contributed by atoms with E-state index < -0.39 is 23.4 Å². The van der Waals surface area contributed by atoms with E-state index in [2.05, 4.69) is 10.6 Å². The molecule has 0 bridgehead atoms. The molecule has 0 aliphatic rings. The lowest BCUT2D eigenvalue weighted by atomic mass is 10.1. The molecule has 0 aromatic heterocycles. The third-order valence-corrected chi connectivity index (χ3v) is 4.59. The Balaban J connectivity index is 1.84. The Hall–Kier alpha value is -4.14. The molecule has 0 spiro atoms. The molecule has 0 atom stereocenters. The molecule has 0 aliphatic carbocycles. The van der Waals surface area contributed by atoms with Crippen molar-refractivity contribution in [2.24, 2.45) is 0 Å². The fourth-order valence-corrected chi connectivity index (χ4v) is 3.20. The first-order valence-corrected chi connectivity index (χ1v) is 10.5. The molecule has 7 nitrogen and oxygen atoms in total. The van der Waals surface area contributed by atoms with Crippen LogP contribution in [0.2, 0.25) is 0 Å². The average Bonchev–Trinajstić information content (AvgIpc) is 2.78. The molecule has 0 radical (unpaired) electrons. The van der Waals surface area contributed by atoms with Gasteiger partial charge in [0, 0.05) is 41.2 Å². The molecular weight excluding hydrogens is 446 g/mol. The Bertz CT molecular complexity index is 1200. The summed E-state index contributed by atoms with van der Waals surface area (Å²) in [6.07, 6.45) is 0. The van der Waals surface area contributed by atoms with E-state index in [-0.39, 0.29) is 39.8 Å². The number of hydrogen-bond acceptors (Lipinski definition) is 5. The summed E-state index contributed by atoms with van der Waals surface area (Å²) in [5.74, 6) is -1.60. The topological polar surface area (TPSA) is 85.9 Å². The zero-order valence-corrected chi connectivity index (χ0v) is 18.9. The summed E-state index contributed by atoms with van der Waals surface area (Å²) in [7, 11) is 1.38. The molecular formula is C25H24F2N2O5. The van der Waals surface area contributed by atoms with Crippen molar-refractivity contribution in [1.29, 1.82) is 0 Å². The molecule has 0 fully saturated rings. The zero-order valence-electron chi connectivity index (χ0n) is 18.9. The first-order valence-electron chi connectivity index (χ1n) is 10.5. The zero-order chi connectivity index (χ0) is 24.7. The normalized spacial score (nSPS) is 10.4. The van der Waals surface area contributed by atoms with Gasteiger partial charge >= 0.3 is 0 Å². The van der Waals surface area contributed by atoms with Crippen LogP contribution in [0.5, 0.6) is 17.2 Å². The lowest BCUT2D eigenvalue weighted by molar-refractivity contribution is 0.102. The van der Waals surface area contributed by atoms with Crippen LogP contribution in [0.15, 0.2) is 54.6 Å². The number of methoxy groups -OCH3 is 1. The Morgan fingerprint density at radius 1 is 0.765 bits per heavy atom. The number of hydrogen-bond donors (Lipinski definition) is 2. The van der Waals surface area contributed by atoms with Crippen LogP contribution in [0.3, 0.4) is 0 Å². The maximum atomic E-state index is 13.9. The summed E-state index contributed by atoms with van der Waals surface area (Å²) in [6, 6.07) is 11.9. The molecule has 0 aliphatic heterocycles. The first kappa shape index (κ1) is 24.5. The summed E-state index contributed by atoms with van der Waals surface area (Å²) in [4.78, 5) is 25.7. The SMILES string of the molecule is CCOc1cc(F)cc(NC(=O)c2ccc(OC)c(C(=O)Nc3cc(F)cc(OCC)c3)c2)c1. The second kappa shape index (κ2) is 11.1. The van der Waals surface area contributed by atoms with Crippen molar-refractivity contribution in [3.63, 3.8) is 0 Å². The van der Waals surface area contributed by atoms with Crippen molar-refractivity contribution in [1.82, 2.24) is 0 Å². The predicted molar refractivity (Wildman–Crippen MR) is 124 cm³/mol. The summed E-state index contributed by atoms with van der Waals surface area (Å²) in [5, 5.41) is 5.16. The van der Waals surface area contributed by atoms with Crippen LogP contribution in [0.1, 0.15) is 34.6 Å². The molecule has 0 unspecified atom stereocenters. The maximum absolute atomic E-state index is 13.9. The van der Waals surface area contributed by atoms with E-state index in [0.29, 0.717) is 13.2 Å². The minimum absolute atomic E-state index is 0.0478. The van der Waals surface area contributed by atoms with Gasteiger partial charge in [0.15, 0.2) is 0 Å². The van der Waals surface area contributed by atoms with Crippen LogP contribution < -0.4 is 24.8 Å². The molecule has 0 heterocycles. The van der Waals surface area contributed by atoms with Crippen molar-refractivity contribution in [2.75, 3.05) is 31.0 Å². The van der Waals surface area contributed by atoms with Gasteiger partial charge in [-0.2, -0.15) is 0 Å². The Morgan fingerprint density at radius 2 is 1.29 bits per heavy atom. The molecule has 3 aromatic carbocycles. The van der Waals surface area contributed by atoms with E-state index in [4.69, 9.17) is 14.2 Å². The number of anilines is 2. The van der Waals surface area contributed by atoms with Crippen LogP contribution in [0, 0.1) is 11.6 Å². The summed E-state index contributed by atoms with van der Waals surface area (Å²) < 4.78 is 43.6. The van der Waals surface area contributed by atoms with E-state index in [1.807, 2.05) is 0 Å². The van der Waals surface area contributed by atoms with Gasteiger partial charge < -0.3 is 24.8 Å². The number of amides is 2. The second-order valence-electron chi connectivity index (χ2n) is 7.04. The molecule has 0 saturated carbocycles. The smallest absolute Gasteiger partial charge is 0.259 e. The third-order valence-electron chi connectivity index (χ3n) is 4.59. The largest absolute Gasteiger partial charge is 0.496 e. The van der Waals surface area contributed by atoms with Crippen LogP contribution in [-0.4, -0.2) is 32.1 Å². The van der Waals surface area contributed by atoms with E-state index in [1.54, 1.807) is 13.8 Å². The second-order valence-corrected chi connectivity index (χ2v) is 7.04. The minimum atomic E-state index is -0.621. The molecule has 2 N–H and O–H groups in total. The number of carbonyl (C=O) groups excluding carboxylic acids is 2. The number of carbonyl (C=O) groups is 2. The van der Waals surface area contributed by atoms with Gasteiger partial charge in [-0.1, -0.05) is 0 Å². The molecule has 2 amide bonds.